The van der Waals surface area contributed by atoms with E-state index < -0.39 is 6.10 Å². The second-order valence-electron chi connectivity index (χ2n) is 3.03. The normalized spacial score (nSPS) is 20.6. The summed E-state index contributed by atoms with van der Waals surface area (Å²) in [6, 6.07) is 5.21. The first-order valence-electron chi connectivity index (χ1n) is 3.95. The third-order valence-corrected chi connectivity index (χ3v) is 2.28. The number of hydrogen-bond donors (Lipinski definition) is 1. The summed E-state index contributed by atoms with van der Waals surface area (Å²) in [6.45, 7) is 0. The molecule has 0 amide bonds. The lowest BCUT2D eigenvalue weighted by Gasteiger charge is -2.02. The molecule has 1 N–H and O–H groups in total. The third-order valence-electron chi connectivity index (χ3n) is 2.28. The lowest BCUT2D eigenvalue weighted by atomic mass is 10.1. The average molecular weight is 163 g/mol. The van der Waals surface area contributed by atoms with E-state index >= 15 is 0 Å². The predicted molar refractivity (Wildman–Crippen MR) is 45.2 cm³/mol. The largest absolute Gasteiger partial charge is 0.388 e. The molecule has 0 radical (unpaired) electrons. The molecule has 1 unspecified atom stereocenters. The third kappa shape index (κ3) is 1.02. The molecule has 62 valence electrons. The van der Waals surface area contributed by atoms with Gasteiger partial charge < -0.3 is 5.11 Å². The van der Waals surface area contributed by atoms with Crippen molar-refractivity contribution in [3.05, 3.63) is 34.2 Å². The van der Waals surface area contributed by atoms with E-state index in [0.717, 1.165) is 24.0 Å². The Morgan fingerprint density at radius 3 is 3.08 bits per heavy atom. The lowest BCUT2D eigenvalue weighted by Crippen LogP contribution is -1.88. The van der Waals surface area contributed by atoms with Gasteiger partial charge in [0.1, 0.15) is 5.69 Å². The molecule has 0 spiro atoms. The van der Waals surface area contributed by atoms with Gasteiger partial charge in [0, 0.05) is 0 Å². The maximum Gasteiger partial charge on any atom is 0.108 e. The summed E-state index contributed by atoms with van der Waals surface area (Å²) in [7, 11) is 0. The summed E-state index contributed by atoms with van der Waals surface area (Å²) < 4.78 is 0. The molecule has 1 aliphatic rings. The summed E-state index contributed by atoms with van der Waals surface area (Å²) in [6.07, 6.45) is 1.26. The number of aliphatic hydroxyl groups excluding tert-OH is 1. The van der Waals surface area contributed by atoms with Gasteiger partial charge in [-0.1, -0.05) is 6.07 Å². The van der Waals surface area contributed by atoms with Crippen LogP contribution < -0.4 is 0 Å². The molecular weight excluding hydrogens is 154 g/mol. The summed E-state index contributed by atoms with van der Waals surface area (Å²) in [5.41, 5.74) is 2.40. The van der Waals surface area contributed by atoms with Crippen molar-refractivity contribution in [1.29, 1.82) is 0 Å². The minimum atomic E-state index is -0.401. The van der Waals surface area contributed by atoms with Gasteiger partial charge in [0.05, 0.1) is 6.10 Å². The van der Waals surface area contributed by atoms with E-state index in [0.29, 0.717) is 5.69 Å². The van der Waals surface area contributed by atoms with Gasteiger partial charge in [-0.15, -0.1) is 4.91 Å². The smallest absolute Gasteiger partial charge is 0.108 e. The van der Waals surface area contributed by atoms with Gasteiger partial charge in [-0.05, 0) is 41.3 Å². The highest BCUT2D eigenvalue weighted by Gasteiger charge is 2.19. The number of fused-ring (bicyclic) bond motifs is 1. The van der Waals surface area contributed by atoms with Crippen molar-refractivity contribution in [2.24, 2.45) is 5.18 Å². The summed E-state index contributed by atoms with van der Waals surface area (Å²) in [5.74, 6) is 0. The average Bonchev–Trinajstić information content (AvgIpc) is 2.47. The molecule has 0 saturated heterocycles. The topological polar surface area (TPSA) is 49.7 Å². The van der Waals surface area contributed by atoms with Crippen molar-refractivity contribution in [1.82, 2.24) is 0 Å². The number of aryl methyl sites for hydroxylation is 1. The number of nitroso groups, excluding NO2 is 1. The van der Waals surface area contributed by atoms with Crippen LogP contribution in [-0.4, -0.2) is 5.11 Å². The molecule has 2 rings (SSSR count). The quantitative estimate of drug-likeness (QED) is 0.644. The van der Waals surface area contributed by atoms with Gasteiger partial charge >= 0.3 is 0 Å². The Kier molecular flexibility index (Phi) is 1.66. The van der Waals surface area contributed by atoms with Crippen LogP contribution in [0.5, 0.6) is 0 Å². The van der Waals surface area contributed by atoms with Crippen LogP contribution in [0.4, 0.5) is 5.69 Å². The minimum absolute atomic E-state index is 0.398. The molecule has 1 atom stereocenters. The molecule has 1 aromatic carbocycles. The SMILES string of the molecule is O=Nc1ccc2c(c1)C(O)CC2. The van der Waals surface area contributed by atoms with Crippen LogP contribution in [0, 0.1) is 4.91 Å². The van der Waals surface area contributed by atoms with Gasteiger partial charge in [0.25, 0.3) is 0 Å². The summed E-state index contributed by atoms with van der Waals surface area (Å²) in [4.78, 5) is 10.2. The monoisotopic (exact) mass is 163 g/mol. The first-order chi connectivity index (χ1) is 5.81. The van der Waals surface area contributed by atoms with E-state index in [1.165, 1.54) is 0 Å². The zero-order valence-corrected chi connectivity index (χ0v) is 6.53. The Balaban J connectivity index is 2.50. The molecular formula is C9H9NO2. The summed E-state index contributed by atoms with van der Waals surface area (Å²) in [5, 5.41) is 12.3. The van der Waals surface area contributed by atoms with Gasteiger partial charge in [-0.3, -0.25) is 0 Å². The van der Waals surface area contributed by atoms with Crippen LogP contribution in [-0.2, 0) is 6.42 Å². The Morgan fingerprint density at radius 1 is 1.50 bits per heavy atom. The number of benzene rings is 1. The van der Waals surface area contributed by atoms with E-state index in [1.807, 2.05) is 6.07 Å². The van der Waals surface area contributed by atoms with E-state index in [2.05, 4.69) is 5.18 Å². The van der Waals surface area contributed by atoms with E-state index in [-0.39, 0.29) is 0 Å². The van der Waals surface area contributed by atoms with E-state index in [4.69, 9.17) is 0 Å². The highest BCUT2D eigenvalue weighted by Crippen LogP contribution is 2.33. The Bertz CT molecular complexity index is 322. The predicted octanol–water partition coefficient (Wildman–Crippen LogP) is 2.06. The van der Waals surface area contributed by atoms with Crippen LogP contribution >= 0.6 is 0 Å². The lowest BCUT2D eigenvalue weighted by molar-refractivity contribution is 0.180. The van der Waals surface area contributed by atoms with E-state index in [1.54, 1.807) is 12.1 Å². The van der Waals surface area contributed by atoms with Gasteiger partial charge in [0.2, 0.25) is 0 Å². The molecule has 0 heterocycles. The number of hydrogen-bond acceptors (Lipinski definition) is 3. The van der Waals surface area contributed by atoms with Gasteiger partial charge in [-0.25, -0.2) is 0 Å². The molecule has 3 heteroatoms. The second-order valence-corrected chi connectivity index (χ2v) is 3.03. The Labute approximate surface area is 70.0 Å². The van der Waals surface area contributed by atoms with Crippen molar-refractivity contribution in [3.8, 4) is 0 Å². The zero-order chi connectivity index (χ0) is 8.55. The first-order valence-corrected chi connectivity index (χ1v) is 3.95. The highest BCUT2D eigenvalue weighted by atomic mass is 16.3. The van der Waals surface area contributed by atoms with Gasteiger partial charge in [0.15, 0.2) is 0 Å². The molecule has 1 aliphatic carbocycles. The zero-order valence-electron chi connectivity index (χ0n) is 6.53. The molecule has 1 aromatic rings. The fourth-order valence-corrected chi connectivity index (χ4v) is 1.62. The molecule has 0 saturated carbocycles. The fourth-order valence-electron chi connectivity index (χ4n) is 1.62. The van der Waals surface area contributed by atoms with Crippen molar-refractivity contribution >= 4 is 5.69 Å². The van der Waals surface area contributed by atoms with Crippen molar-refractivity contribution < 1.29 is 5.11 Å². The molecule has 0 aliphatic heterocycles. The first kappa shape index (κ1) is 7.43. The molecule has 0 bridgehead atoms. The van der Waals surface area contributed by atoms with Crippen LogP contribution in [0.3, 0.4) is 0 Å². The molecule has 12 heavy (non-hydrogen) atoms. The van der Waals surface area contributed by atoms with Crippen molar-refractivity contribution in [2.75, 3.05) is 0 Å². The fraction of sp³-hybridized carbons (Fsp3) is 0.333. The van der Waals surface area contributed by atoms with Crippen LogP contribution in [0.1, 0.15) is 23.7 Å². The van der Waals surface area contributed by atoms with Crippen LogP contribution in [0.25, 0.3) is 0 Å². The number of aliphatic hydroxyl groups is 1. The van der Waals surface area contributed by atoms with Crippen LogP contribution in [0.2, 0.25) is 0 Å². The number of rotatable bonds is 1. The second kappa shape index (κ2) is 2.68. The highest BCUT2D eigenvalue weighted by molar-refractivity contribution is 5.46. The van der Waals surface area contributed by atoms with Gasteiger partial charge in [-0.2, -0.15) is 0 Å². The van der Waals surface area contributed by atoms with E-state index in [9.17, 15) is 10.0 Å². The number of nitrogens with zero attached hydrogens (tertiary/aromatic N) is 1. The summed E-state index contributed by atoms with van der Waals surface area (Å²) >= 11 is 0. The minimum Gasteiger partial charge on any atom is -0.388 e. The standard InChI is InChI=1S/C9H9NO2/c11-9-4-2-6-1-3-7(10-12)5-8(6)9/h1,3,5,9,11H,2,4H2. The van der Waals surface area contributed by atoms with Crippen molar-refractivity contribution in [2.45, 2.75) is 18.9 Å². The Morgan fingerprint density at radius 2 is 2.33 bits per heavy atom. The van der Waals surface area contributed by atoms with Crippen molar-refractivity contribution in [3.63, 3.8) is 0 Å². The molecule has 0 fully saturated rings. The molecule has 0 aromatic heterocycles. The Hall–Kier alpha value is -1.22. The van der Waals surface area contributed by atoms with Crippen LogP contribution in [0.15, 0.2) is 23.4 Å². The maximum absolute atomic E-state index is 10.2. The maximum atomic E-state index is 10.2. The molecule has 3 nitrogen and oxygen atoms in total.